The Labute approximate surface area is 274 Å². The summed E-state index contributed by atoms with van der Waals surface area (Å²) in [7, 11) is -3.39. The number of fused-ring (bicyclic) bond motifs is 4. The molecule has 248 valence electrons. The summed E-state index contributed by atoms with van der Waals surface area (Å²) in [5.74, 6) is -10.1. The second kappa shape index (κ2) is 11.0. The Morgan fingerprint density at radius 1 is 1.13 bits per heavy atom. The molecule has 15 heteroatoms. The first-order chi connectivity index (χ1) is 25.2. The van der Waals surface area contributed by atoms with Crippen molar-refractivity contribution in [3.63, 3.8) is 0 Å². The normalized spacial score (nSPS) is 31.1. The number of nitrogens with zero attached hydrogens (tertiary/aromatic N) is 5. The minimum absolute atomic E-state index is 0.0418. The van der Waals surface area contributed by atoms with Gasteiger partial charge in [0.25, 0.3) is 0 Å². The van der Waals surface area contributed by atoms with Crippen molar-refractivity contribution < 1.29 is 50.1 Å². The van der Waals surface area contributed by atoms with Crippen LogP contribution in [0.1, 0.15) is 28.9 Å². The third kappa shape index (κ3) is 4.64. The molecule has 4 fully saturated rings. The number of ether oxygens (including phenoxy) is 3. The van der Waals surface area contributed by atoms with Crippen LogP contribution in [0.4, 0.5) is 37.8 Å². The van der Waals surface area contributed by atoms with Crippen molar-refractivity contribution in [1.29, 1.82) is 0 Å². The Morgan fingerprint density at radius 2 is 1.98 bits per heavy atom. The molecule has 0 spiro atoms. The molecule has 0 radical (unpaired) electrons. The number of aromatic nitrogens is 3. The van der Waals surface area contributed by atoms with Crippen LogP contribution in [0.3, 0.4) is 0 Å². The SMILES string of the molecule is [2H]C([2H])([2H])Oc1c(F)c(F)c(F)c2cc(N)cc(-c3ncc4c(N5CCOC([2H])([2H])[C@H]6[C@H](F)[C@H]65)nc(OC([2H])([2H])[C@@]56CCCN5C[C@H](F)C6)nc4c3F)c12. The minimum atomic E-state index is -3.39. The molecular weight excluding hydrogens is 630 g/mol. The van der Waals surface area contributed by atoms with Crippen molar-refractivity contribution in [2.75, 3.05) is 57.0 Å². The fourth-order valence-electron chi connectivity index (χ4n) is 7.12. The van der Waals surface area contributed by atoms with Gasteiger partial charge in [-0.2, -0.15) is 14.4 Å². The Balaban J connectivity index is 1.35. The molecule has 2 aromatic carbocycles. The van der Waals surface area contributed by atoms with Crippen molar-refractivity contribution in [3.05, 3.63) is 41.6 Å². The van der Waals surface area contributed by atoms with Crippen molar-refractivity contribution in [1.82, 2.24) is 19.9 Å². The average molecular weight is 668 g/mol. The topological polar surface area (TPSA) is 98.9 Å². The van der Waals surface area contributed by atoms with E-state index < -0.39 is 113 Å². The molecule has 9 nitrogen and oxygen atoms in total. The van der Waals surface area contributed by atoms with Gasteiger partial charge in [-0.1, -0.05) is 0 Å². The van der Waals surface area contributed by atoms with E-state index in [4.69, 9.17) is 29.5 Å². The van der Waals surface area contributed by atoms with Crippen molar-refractivity contribution in [2.24, 2.45) is 5.92 Å². The summed E-state index contributed by atoms with van der Waals surface area (Å²) in [4.78, 5) is 15.6. The van der Waals surface area contributed by atoms with Gasteiger partial charge in [0.05, 0.1) is 46.8 Å². The predicted octanol–water partition coefficient (Wildman–Crippen LogP) is 5.12. The first-order valence-corrected chi connectivity index (χ1v) is 14.8. The van der Waals surface area contributed by atoms with E-state index in [1.165, 1.54) is 4.90 Å². The lowest BCUT2D eigenvalue weighted by atomic mass is 9.95. The smallest absolute Gasteiger partial charge is 0.319 e. The first kappa shape index (κ1) is 23.3. The van der Waals surface area contributed by atoms with Gasteiger partial charge in [0.2, 0.25) is 5.82 Å². The van der Waals surface area contributed by atoms with E-state index in [1.807, 2.05) is 0 Å². The number of pyridine rings is 1. The minimum Gasteiger partial charge on any atom is -0.493 e. The molecule has 1 saturated carbocycles. The summed E-state index contributed by atoms with van der Waals surface area (Å²) in [5, 5.41) is -1.74. The highest BCUT2D eigenvalue weighted by Gasteiger charge is 2.56. The van der Waals surface area contributed by atoms with Gasteiger partial charge in [0.1, 0.15) is 35.9 Å². The van der Waals surface area contributed by atoms with Crippen LogP contribution in [0.5, 0.6) is 11.8 Å². The van der Waals surface area contributed by atoms with Crippen molar-refractivity contribution in [2.45, 2.75) is 43.2 Å². The number of methoxy groups -OCH3 is 1. The van der Waals surface area contributed by atoms with Crippen molar-refractivity contribution in [3.8, 4) is 23.0 Å². The lowest BCUT2D eigenvalue weighted by molar-refractivity contribution is 0.107. The van der Waals surface area contributed by atoms with Crippen LogP contribution in [-0.2, 0) is 4.74 Å². The Morgan fingerprint density at radius 3 is 2.81 bits per heavy atom. The van der Waals surface area contributed by atoms with Gasteiger partial charge in [-0.15, -0.1) is 0 Å². The largest absolute Gasteiger partial charge is 0.493 e. The summed E-state index contributed by atoms with van der Waals surface area (Å²) in [6, 6.07) is -0.103. The van der Waals surface area contributed by atoms with E-state index in [0.717, 1.165) is 18.3 Å². The molecule has 0 unspecified atom stereocenters. The molecule has 0 amide bonds. The monoisotopic (exact) mass is 667 g/mol. The number of halogens is 6. The molecule has 47 heavy (non-hydrogen) atoms. The third-order valence-corrected chi connectivity index (χ3v) is 9.33. The Bertz CT molecular complexity index is 2220. The zero-order chi connectivity index (χ0) is 38.9. The summed E-state index contributed by atoms with van der Waals surface area (Å²) in [5.41, 5.74) is 2.27. The van der Waals surface area contributed by atoms with Crippen LogP contribution in [0.15, 0.2) is 18.3 Å². The van der Waals surface area contributed by atoms with E-state index in [2.05, 4.69) is 15.0 Å². The van der Waals surface area contributed by atoms with Crippen LogP contribution in [0, 0.1) is 29.2 Å². The van der Waals surface area contributed by atoms with Gasteiger partial charge in [0.15, 0.2) is 23.2 Å². The quantitative estimate of drug-likeness (QED) is 0.171. The average Bonchev–Trinajstić information content (AvgIpc) is 3.46. The van der Waals surface area contributed by atoms with E-state index in [-0.39, 0.29) is 49.4 Å². The molecule has 2 aromatic heterocycles. The highest BCUT2D eigenvalue weighted by atomic mass is 19.2. The molecule has 0 bridgehead atoms. The van der Waals surface area contributed by atoms with E-state index in [1.54, 1.807) is 4.90 Å². The first-order valence-electron chi connectivity index (χ1n) is 18.3. The van der Waals surface area contributed by atoms with Crippen LogP contribution < -0.4 is 20.1 Å². The van der Waals surface area contributed by atoms with E-state index >= 15 is 17.6 Å². The maximum absolute atomic E-state index is 17.1. The summed E-state index contributed by atoms with van der Waals surface area (Å²) >= 11 is 0. The lowest BCUT2D eigenvalue weighted by Gasteiger charge is -2.31. The second-order valence-electron chi connectivity index (χ2n) is 12.1. The highest BCUT2D eigenvalue weighted by Crippen LogP contribution is 2.46. The van der Waals surface area contributed by atoms with E-state index in [9.17, 15) is 8.78 Å². The Hall–Kier alpha value is -4.11. The Kier molecular flexibility index (Phi) is 5.43. The molecule has 1 aliphatic carbocycles. The molecule has 2 N–H and O–H groups in total. The van der Waals surface area contributed by atoms with Gasteiger partial charge >= 0.3 is 6.01 Å². The van der Waals surface area contributed by atoms with Crippen LogP contribution in [0.2, 0.25) is 0 Å². The molecule has 4 aromatic rings. The maximum Gasteiger partial charge on any atom is 0.319 e. The predicted molar refractivity (Wildman–Crippen MR) is 160 cm³/mol. The summed E-state index contributed by atoms with van der Waals surface area (Å²) in [6.45, 7) is -5.15. The van der Waals surface area contributed by atoms with Gasteiger partial charge in [-0.05, 0) is 31.5 Å². The standard InChI is InChI=1S/C32H30F6N6O3/c1-45-29-20-16(21(34)23(36)24(29)37)7-15(39)8-17(20)26-25(38)27-18(10-40-26)30(44-5-6-46-12-19-22(35)28(19)44)42-31(41-27)47-13-32-3-2-4-43(32)11-14(33)9-32/h7-8,10,14,19,22,28H,2-6,9,11-13,39H2,1H3/t14-,19+,22+,28+,32+/m1/s1/i1D3,12D2,13D2. The fourth-order valence-corrected chi connectivity index (χ4v) is 7.12. The number of hydrogen-bond donors (Lipinski definition) is 1. The van der Waals surface area contributed by atoms with Crippen LogP contribution in [0.25, 0.3) is 32.9 Å². The molecule has 4 aliphatic rings. The lowest BCUT2D eigenvalue weighted by Crippen LogP contribution is -2.43. The summed E-state index contributed by atoms with van der Waals surface area (Å²) in [6.07, 6.45) is -1.59. The molecule has 5 heterocycles. The second-order valence-corrected chi connectivity index (χ2v) is 12.1. The summed E-state index contributed by atoms with van der Waals surface area (Å²) < 4.78 is 165. The number of nitrogen functional groups attached to an aromatic ring is 1. The maximum atomic E-state index is 17.1. The van der Waals surface area contributed by atoms with Crippen molar-refractivity contribution >= 4 is 33.2 Å². The molecule has 3 aliphatic heterocycles. The number of rotatable bonds is 6. The van der Waals surface area contributed by atoms with Crippen LogP contribution >= 0.6 is 0 Å². The van der Waals surface area contributed by atoms with Gasteiger partial charge in [-0.25, -0.2) is 22.0 Å². The molecule has 3 saturated heterocycles. The third-order valence-electron chi connectivity index (χ3n) is 9.33. The number of benzene rings is 2. The number of anilines is 2. The fraction of sp³-hybridized carbons (Fsp3) is 0.469. The zero-order valence-corrected chi connectivity index (χ0v) is 24.3. The molecular formula is C32H30F6N6O3. The van der Waals surface area contributed by atoms with Gasteiger partial charge < -0.3 is 24.8 Å². The number of hydrogen-bond acceptors (Lipinski definition) is 9. The zero-order valence-electron chi connectivity index (χ0n) is 31.3. The van der Waals surface area contributed by atoms with Crippen LogP contribution in [-0.4, -0.2) is 90.2 Å². The molecule has 8 rings (SSSR count). The van der Waals surface area contributed by atoms with Gasteiger partial charge in [0, 0.05) is 53.6 Å². The van der Waals surface area contributed by atoms with Gasteiger partial charge in [-0.3, -0.25) is 9.88 Å². The van der Waals surface area contributed by atoms with E-state index in [0.29, 0.717) is 13.0 Å². The highest BCUT2D eigenvalue weighted by molar-refractivity contribution is 6.04. The number of alkyl halides is 2. The molecule has 5 atom stereocenters. The number of nitrogens with two attached hydrogens (primary N) is 1.